The van der Waals surface area contributed by atoms with Gasteiger partial charge in [0.2, 0.25) is 0 Å². The van der Waals surface area contributed by atoms with E-state index in [0.29, 0.717) is 19.8 Å². The molecule has 0 spiro atoms. The molecule has 1 aliphatic rings. The van der Waals surface area contributed by atoms with E-state index < -0.39 is 0 Å². The first-order valence-corrected chi connectivity index (χ1v) is 6.54. The Labute approximate surface area is 113 Å². The fraction of sp³-hybridized carbons (Fsp3) is 0.571. The van der Waals surface area contributed by atoms with Crippen molar-refractivity contribution in [2.24, 2.45) is 5.73 Å². The Morgan fingerprint density at radius 2 is 2.37 bits per heavy atom. The van der Waals surface area contributed by atoms with Crippen LogP contribution in [0.1, 0.15) is 18.5 Å². The minimum atomic E-state index is -0.348. The standard InChI is InChI=1S/C14H21FN2O2/c1-10-9-19-6-5-17(10)13(8-16)11-3-4-14(18-2)12(15)7-11/h3-4,7,10,13H,5-6,8-9,16H2,1-2H3. The van der Waals surface area contributed by atoms with E-state index in [9.17, 15) is 4.39 Å². The van der Waals surface area contributed by atoms with Gasteiger partial charge in [0, 0.05) is 25.2 Å². The highest BCUT2D eigenvalue weighted by atomic mass is 19.1. The molecule has 0 saturated carbocycles. The highest BCUT2D eigenvalue weighted by molar-refractivity contribution is 5.31. The molecular weight excluding hydrogens is 247 g/mol. The Morgan fingerprint density at radius 1 is 1.58 bits per heavy atom. The maximum atomic E-state index is 13.8. The number of benzene rings is 1. The second-order valence-corrected chi connectivity index (χ2v) is 4.81. The molecule has 1 saturated heterocycles. The van der Waals surface area contributed by atoms with Crippen molar-refractivity contribution in [2.45, 2.75) is 19.0 Å². The van der Waals surface area contributed by atoms with Gasteiger partial charge in [-0.2, -0.15) is 0 Å². The van der Waals surface area contributed by atoms with Gasteiger partial charge in [0.25, 0.3) is 0 Å². The lowest BCUT2D eigenvalue weighted by Crippen LogP contribution is -2.47. The third kappa shape index (κ3) is 3.05. The largest absolute Gasteiger partial charge is 0.494 e. The number of methoxy groups -OCH3 is 1. The Morgan fingerprint density at radius 3 is 2.95 bits per heavy atom. The van der Waals surface area contributed by atoms with Crippen LogP contribution in [0.5, 0.6) is 5.75 Å². The number of nitrogens with zero attached hydrogens (tertiary/aromatic N) is 1. The number of hydrogen-bond donors (Lipinski definition) is 1. The van der Waals surface area contributed by atoms with Crippen LogP contribution in [0.4, 0.5) is 4.39 Å². The average molecular weight is 268 g/mol. The lowest BCUT2D eigenvalue weighted by molar-refractivity contribution is -0.0210. The first kappa shape index (κ1) is 14.2. The van der Waals surface area contributed by atoms with E-state index in [2.05, 4.69) is 11.8 Å². The number of nitrogens with two attached hydrogens (primary N) is 1. The second-order valence-electron chi connectivity index (χ2n) is 4.81. The molecule has 0 bridgehead atoms. The maximum Gasteiger partial charge on any atom is 0.165 e. The molecule has 1 fully saturated rings. The minimum absolute atomic E-state index is 0.0132. The van der Waals surface area contributed by atoms with Crippen molar-refractivity contribution < 1.29 is 13.9 Å². The van der Waals surface area contributed by atoms with E-state index in [1.54, 1.807) is 6.07 Å². The molecule has 0 aliphatic carbocycles. The second kappa shape index (κ2) is 6.32. The van der Waals surface area contributed by atoms with E-state index in [0.717, 1.165) is 12.1 Å². The Balaban J connectivity index is 2.23. The zero-order valence-electron chi connectivity index (χ0n) is 11.4. The molecule has 2 rings (SSSR count). The molecular formula is C14H21FN2O2. The molecule has 2 atom stereocenters. The van der Waals surface area contributed by atoms with Crippen LogP contribution in [0.15, 0.2) is 18.2 Å². The molecule has 4 nitrogen and oxygen atoms in total. The van der Waals surface area contributed by atoms with Gasteiger partial charge in [0.1, 0.15) is 0 Å². The fourth-order valence-electron chi connectivity index (χ4n) is 2.56. The summed E-state index contributed by atoms with van der Waals surface area (Å²) in [5, 5.41) is 0. The van der Waals surface area contributed by atoms with Crippen LogP contribution in [-0.2, 0) is 4.74 Å². The van der Waals surface area contributed by atoms with Gasteiger partial charge >= 0.3 is 0 Å². The zero-order chi connectivity index (χ0) is 13.8. The Bertz CT molecular complexity index is 428. The van der Waals surface area contributed by atoms with Crippen molar-refractivity contribution >= 4 is 0 Å². The number of rotatable bonds is 4. The van der Waals surface area contributed by atoms with Crippen LogP contribution in [-0.4, -0.2) is 44.4 Å². The van der Waals surface area contributed by atoms with Crippen LogP contribution >= 0.6 is 0 Å². The van der Waals surface area contributed by atoms with E-state index in [-0.39, 0.29) is 23.7 Å². The number of morpholine rings is 1. The predicted octanol–water partition coefficient (Wildman–Crippen LogP) is 1.55. The SMILES string of the molecule is COc1ccc(C(CN)N2CCOCC2C)cc1F. The third-order valence-corrected chi connectivity index (χ3v) is 3.60. The number of hydrogen-bond acceptors (Lipinski definition) is 4. The topological polar surface area (TPSA) is 47.7 Å². The minimum Gasteiger partial charge on any atom is -0.494 e. The summed E-state index contributed by atoms with van der Waals surface area (Å²) in [7, 11) is 1.46. The van der Waals surface area contributed by atoms with Crippen molar-refractivity contribution in [2.75, 3.05) is 33.4 Å². The Kier molecular flexibility index (Phi) is 4.74. The summed E-state index contributed by atoms with van der Waals surface area (Å²) in [6.07, 6.45) is 0. The Hall–Kier alpha value is -1.17. The van der Waals surface area contributed by atoms with Crippen LogP contribution < -0.4 is 10.5 Å². The van der Waals surface area contributed by atoms with E-state index in [1.165, 1.54) is 13.2 Å². The molecule has 1 heterocycles. The third-order valence-electron chi connectivity index (χ3n) is 3.60. The number of halogens is 1. The van der Waals surface area contributed by atoms with Gasteiger partial charge < -0.3 is 15.2 Å². The van der Waals surface area contributed by atoms with Gasteiger partial charge in [0.05, 0.1) is 20.3 Å². The van der Waals surface area contributed by atoms with Gasteiger partial charge in [-0.05, 0) is 24.6 Å². The van der Waals surface area contributed by atoms with Gasteiger partial charge in [-0.1, -0.05) is 6.07 Å². The summed E-state index contributed by atoms with van der Waals surface area (Å²) >= 11 is 0. The van der Waals surface area contributed by atoms with Crippen LogP contribution in [0.3, 0.4) is 0 Å². The first-order valence-electron chi connectivity index (χ1n) is 6.54. The molecule has 5 heteroatoms. The molecule has 19 heavy (non-hydrogen) atoms. The molecule has 0 aromatic heterocycles. The molecule has 106 valence electrons. The average Bonchev–Trinajstić information content (AvgIpc) is 2.42. The van der Waals surface area contributed by atoms with E-state index in [1.807, 2.05) is 6.07 Å². The van der Waals surface area contributed by atoms with Crippen molar-refractivity contribution in [3.8, 4) is 5.75 Å². The fourth-order valence-corrected chi connectivity index (χ4v) is 2.56. The normalized spacial score (nSPS) is 22.2. The number of ether oxygens (including phenoxy) is 2. The van der Waals surface area contributed by atoms with Gasteiger partial charge in [-0.25, -0.2) is 4.39 Å². The highest BCUT2D eigenvalue weighted by Crippen LogP contribution is 2.27. The van der Waals surface area contributed by atoms with Gasteiger partial charge in [-0.15, -0.1) is 0 Å². The molecule has 2 N–H and O–H groups in total. The summed E-state index contributed by atoms with van der Waals surface area (Å²) in [6.45, 7) is 4.75. The molecule has 0 amide bonds. The first-order chi connectivity index (χ1) is 9.17. The molecule has 1 aliphatic heterocycles. The predicted molar refractivity (Wildman–Crippen MR) is 71.7 cm³/mol. The molecule has 0 radical (unpaired) electrons. The zero-order valence-corrected chi connectivity index (χ0v) is 11.4. The summed E-state index contributed by atoms with van der Waals surface area (Å²) in [4.78, 5) is 2.27. The van der Waals surface area contributed by atoms with Crippen molar-refractivity contribution in [3.05, 3.63) is 29.6 Å². The van der Waals surface area contributed by atoms with Gasteiger partial charge in [-0.3, -0.25) is 4.90 Å². The van der Waals surface area contributed by atoms with E-state index >= 15 is 0 Å². The monoisotopic (exact) mass is 268 g/mol. The summed E-state index contributed by atoms with van der Waals surface area (Å²) in [5.74, 6) is -0.0890. The van der Waals surface area contributed by atoms with Crippen molar-refractivity contribution in [3.63, 3.8) is 0 Å². The summed E-state index contributed by atoms with van der Waals surface area (Å²) in [6, 6.07) is 5.34. The molecule has 1 aromatic rings. The lowest BCUT2D eigenvalue weighted by Gasteiger charge is -2.39. The van der Waals surface area contributed by atoms with Crippen LogP contribution in [0.25, 0.3) is 0 Å². The highest BCUT2D eigenvalue weighted by Gasteiger charge is 2.27. The van der Waals surface area contributed by atoms with Gasteiger partial charge in [0.15, 0.2) is 11.6 Å². The molecule has 1 aromatic carbocycles. The quantitative estimate of drug-likeness (QED) is 0.900. The summed E-state index contributed by atoms with van der Waals surface area (Å²) < 4.78 is 24.2. The van der Waals surface area contributed by atoms with Crippen molar-refractivity contribution in [1.82, 2.24) is 4.90 Å². The lowest BCUT2D eigenvalue weighted by atomic mass is 10.0. The van der Waals surface area contributed by atoms with Crippen LogP contribution in [0, 0.1) is 5.82 Å². The van der Waals surface area contributed by atoms with Crippen LogP contribution in [0.2, 0.25) is 0 Å². The maximum absolute atomic E-state index is 13.8. The van der Waals surface area contributed by atoms with Crippen molar-refractivity contribution in [1.29, 1.82) is 0 Å². The smallest absolute Gasteiger partial charge is 0.165 e. The van der Waals surface area contributed by atoms with E-state index in [4.69, 9.17) is 15.2 Å². The summed E-state index contributed by atoms with van der Waals surface area (Å²) in [5.41, 5.74) is 6.77. The molecule has 2 unspecified atom stereocenters.